The Bertz CT molecular complexity index is 340. The van der Waals surface area contributed by atoms with E-state index in [1.165, 1.54) is 5.56 Å². The normalized spacial score (nSPS) is 26.8. The van der Waals surface area contributed by atoms with Gasteiger partial charge in [-0.3, -0.25) is 0 Å². The van der Waals surface area contributed by atoms with E-state index in [-0.39, 0.29) is 6.10 Å². The maximum absolute atomic E-state index is 9.90. The second-order valence-electron chi connectivity index (χ2n) is 3.82. The van der Waals surface area contributed by atoms with Crippen LogP contribution in [0.2, 0.25) is 0 Å². The molecule has 2 nitrogen and oxygen atoms in total. The van der Waals surface area contributed by atoms with Crippen LogP contribution in [0.25, 0.3) is 0 Å². The molecular weight excluding hydrogens is 242 g/mol. The van der Waals surface area contributed by atoms with Crippen molar-refractivity contribution < 1.29 is 5.11 Å². The maximum Gasteiger partial charge on any atom is 0.0917 e. The quantitative estimate of drug-likeness (QED) is 0.745. The van der Waals surface area contributed by atoms with E-state index in [0.29, 0.717) is 12.5 Å². The summed E-state index contributed by atoms with van der Waals surface area (Å²) < 4.78 is 1.10. The fourth-order valence-electron chi connectivity index (χ4n) is 2.01. The lowest BCUT2D eigenvalue weighted by atomic mass is 9.94. The monoisotopic (exact) mass is 255 g/mol. The Labute approximate surface area is 92.5 Å². The molecule has 0 saturated heterocycles. The van der Waals surface area contributed by atoms with Crippen molar-refractivity contribution in [3.05, 3.63) is 33.8 Å². The first-order valence-electron chi connectivity index (χ1n) is 4.87. The van der Waals surface area contributed by atoms with Gasteiger partial charge >= 0.3 is 0 Å². The summed E-state index contributed by atoms with van der Waals surface area (Å²) in [5, 5.41) is 13.2. The summed E-state index contributed by atoms with van der Waals surface area (Å²) in [6, 6.07) is 6.02. The first kappa shape index (κ1) is 10.1. The second-order valence-corrected chi connectivity index (χ2v) is 4.67. The molecule has 0 aromatic heterocycles. The van der Waals surface area contributed by atoms with Crippen LogP contribution in [-0.2, 0) is 0 Å². The molecule has 3 heteroatoms. The van der Waals surface area contributed by atoms with Gasteiger partial charge in [0.1, 0.15) is 0 Å². The number of β-amino-alcohol motifs (C(OH)–C–C–N with tert-alkyl or cyclic N) is 1. The molecule has 0 fully saturated rings. The van der Waals surface area contributed by atoms with Crippen molar-refractivity contribution in [3.63, 3.8) is 0 Å². The van der Waals surface area contributed by atoms with Gasteiger partial charge in [-0.1, -0.05) is 35.0 Å². The number of aliphatic hydroxyl groups excluding tert-OH is 1. The molecule has 1 aromatic carbocycles. The standard InChI is InChI=1S/C11H14BrNO/c1-7-5-13-6-10(14)8-3-2-4-9(12)11(7)8/h2-4,7,10,13-14H,5-6H2,1H3. The predicted molar refractivity (Wildman–Crippen MR) is 60.4 cm³/mol. The van der Waals surface area contributed by atoms with Gasteiger partial charge in [-0.25, -0.2) is 0 Å². The van der Waals surface area contributed by atoms with Gasteiger partial charge in [0.25, 0.3) is 0 Å². The Balaban J connectivity index is 2.54. The van der Waals surface area contributed by atoms with Gasteiger partial charge in [0.05, 0.1) is 6.10 Å². The van der Waals surface area contributed by atoms with Crippen LogP contribution in [0.15, 0.2) is 22.7 Å². The van der Waals surface area contributed by atoms with Crippen molar-refractivity contribution in [1.29, 1.82) is 0 Å². The van der Waals surface area contributed by atoms with E-state index in [4.69, 9.17) is 0 Å². The van der Waals surface area contributed by atoms with E-state index in [0.717, 1.165) is 16.6 Å². The van der Waals surface area contributed by atoms with E-state index < -0.39 is 0 Å². The minimum atomic E-state index is -0.382. The molecule has 1 aromatic rings. The molecule has 0 spiro atoms. The maximum atomic E-state index is 9.90. The average molecular weight is 256 g/mol. The van der Waals surface area contributed by atoms with Gasteiger partial charge < -0.3 is 10.4 Å². The zero-order valence-corrected chi connectivity index (χ0v) is 9.71. The van der Waals surface area contributed by atoms with E-state index >= 15 is 0 Å². The van der Waals surface area contributed by atoms with Crippen LogP contribution in [0.1, 0.15) is 30.1 Å². The van der Waals surface area contributed by atoms with Crippen molar-refractivity contribution in [2.24, 2.45) is 0 Å². The van der Waals surface area contributed by atoms with Gasteiger partial charge in [-0.15, -0.1) is 0 Å². The van der Waals surface area contributed by atoms with Crippen LogP contribution < -0.4 is 5.32 Å². The Morgan fingerprint density at radius 3 is 3.00 bits per heavy atom. The van der Waals surface area contributed by atoms with Gasteiger partial charge in [0, 0.05) is 17.6 Å². The Morgan fingerprint density at radius 1 is 1.43 bits per heavy atom. The van der Waals surface area contributed by atoms with E-state index in [2.05, 4.69) is 28.2 Å². The van der Waals surface area contributed by atoms with Crippen LogP contribution in [0.4, 0.5) is 0 Å². The lowest BCUT2D eigenvalue weighted by Gasteiger charge is -2.15. The van der Waals surface area contributed by atoms with E-state index in [1.807, 2.05) is 18.2 Å². The Kier molecular flexibility index (Phi) is 2.91. The third-order valence-electron chi connectivity index (χ3n) is 2.73. The number of fused-ring (bicyclic) bond motifs is 1. The van der Waals surface area contributed by atoms with Crippen molar-refractivity contribution in [3.8, 4) is 0 Å². The van der Waals surface area contributed by atoms with Crippen LogP contribution >= 0.6 is 15.9 Å². The zero-order chi connectivity index (χ0) is 10.1. The predicted octanol–water partition coefficient (Wildman–Crippen LogP) is 2.19. The molecule has 2 rings (SSSR count). The van der Waals surface area contributed by atoms with Crippen molar-refractivity contribution in [2.45, 2.75) is 18.9 Å². The lowest BCUT2D eigenvalue weighted by Crippen LogP contribution is -2.21. The summed E-state index contributed by atoms with van der Waals surface area (Å²) >= 11 is 3.55. The molecule has 0 bridgehead atoms. The highest BCUT2D eigenvalue weighted by Crippen LogP contribution is 2.33. The largest absolute Gasteiger partial charge is 0.387 e. The number of rotatable bonds is 0. The van der Waals surface area contributed by atoms with E-state index in [9.17, 15) is 5.11 Å². The summed E-state index contributed by atoms with van der Waals surface area (Å²) in [6.45, 7) is 3.75. The number of hydrogen-bond donors (Lipinski definition) is 2. The van der Waals surface area contributed by atoms with Crippen molar-refractivity contribution in [2.75, 3.05) is 13.1 Å². The molecular formula is C11H14BrNO. The second kappa shape index (κ2) is 4.01. The molecule has 2 atom stereocenters. The summed E-state index contributed by atoms with van der Waals surface area (Å²) in [5.74, 6) is 0.442. The van der Waals surface area contributed by atoms with E-state index in [1.54, 1.807) is 0 Å². The zero-order valence-electron chi connectivity index (χ0n) is 8.13. The third kappa shape index (κ3) is 1.72. The van der Waals surface area contributed by atoms with Crippen LogP contribution in [0.3, 0.4) is 0 Å². The molecule has 1 aliphatic heterocycles. The molecule has 1 aliphatic rings. The van der Waals surface area contributed by atoms with Crippen molar-refractivity contribution in [1.82, 2.24) is 5.32 Å². The fourth-order valence-corrected chi connectivity index (χ4v) is 2.79. The molecule has 0 amide bonds. The van der Waals surface area contributed by atoms with Crippen molar-refractivity contribution >= 4 is 15.9 Å². The molecule has 0 saturated carbocycles. The highest BCUT2D eigenvalue weighted by atomic mass is 79.9. The number of hydrogen-bond acceptors (Lipinski definition) is 2. The molecule has 2 N–H and O–H groups in total. The first-order valence-corrected chi connectivity index (χ1v) is 5.66. The van der Waals surface area contributed by atoms with Gasteiger partial charge in [0.2, 0.25) is 0 Å². The van der Waals surface area contributed by atoms with Crippen LogP contribution in [0, 0.1) is 0 Å². The molecule has 0 radical (unpaired) electrons. The smallest absolute Gasteiger partial charge is 0.0917 e. The summed E-state index contributed by atoms with van der Waals surface area (Å²) in [6.07, 6.45) is -0.382. The number of halogens is 1. The SMILES string of the molecule is CC1CNCC(O)c2cccc(Br)c21. The third-order valence-corrected chi connectivity index (χ3v) is 3.42. The molecule has 14 heavy (non-hydrogen) atoms. The van der Waals surface area contributed by atoms with Gasteiger partial charge in [-0.2, -0.15) is 0 Å². The number of aliphatic hydroxyl groups is 1. The minimum Gasteiger partial charge on any atom is -0.387 e. The Hall–Kier alpha value is -0.380. The summed E-state index contributed by atoms with van der Waals surface area (Å²) in [5.41, 5.74) is 2.29. The Morgan fingerprint density at radius 2 is 2.21 bits per heavy atom. The van der Waals surface area contributed by atoms with Crippen LogP contribution in [0.5, 0.6) is 0 Å². The highest BCUT2D eigenvalue weighted by molar-refractivity contribution is 9.10. The lowest BCUT2D eigenvalue weighted by molar-refractivity contribution is 0.178. The number of nitrogens with one attached hydrogen (secondary N) is 1. The fraction of sp³-hybridized carbons (Fsp3) is 0.455. The topological polar surface area (TPSA) is 32.3 Å². The van der Waals surface area contributed by atoms with Crippen LogP contribution in [-0.4, -0.2) is 18.2 Å². The minimum absolute atomic E-state index is 0.382. The van der Waals surface area contributed by atoms with Gasteiger partial charge in [0.15, 0.2) is 0 Å². The average Bonchev–Trinajstić information content (AvgIpc) is 2.29. The molecule has 76 valence electrons. The first-order chi connectivity index (χ1) is 6.70. The number of benzene rings is 1. The summed E-state index contributed by atoms with van der Waals surface area (Å²) in [4.78, 5) is 0. The highest BCUT2D eigenvalue weighted by Gasteiger charge is 2.22. The van der Waals surface area contributed by atoms with Gasteiger partial charge in [-0.05, 0) is 23.1 Å². The molecule has 2 unspecified atom stereocenters. The molecule has 1 heterocycles. The molecule has 0 aliphatic carbocycles. The summed E-state index contributed by atoms with van der Waals surface area (Å²) in [7, 11) is 0.